The van der Waals surface area contributed by atoms with Gasteiger partial charge in [0.15, 0.2) is 0 Å². The summed E-state index contributed by atoms with van der Waals surface area (Å²) in [6.07, 6.45) is 0.375. The van der Waals surface area contributed by atoms with Gasteiger partial charge in [0.1, 0.15) is 0 Å². The molecule has 98 valence electrons. The Labute approximate surface area is 129 Å². The summed E-state index contributed by atoms with van der Waals surface area (Å²) >= 11 is 6.79. The van der Waals surface area contributed by atoms with Crippen LogP contribution in [0.25, 0.3) is 0 Å². The molecule has 0 atom stereocenters. The number of amides is 1. The molecule has 0 saturated heterocycles. The summed E-state index contributed by atoms with van der Waals surface area (Å²) in [7, 11) is 0. The van der Waals surface area contributed by atoms with Gasteiger partial charge in [0.2, 0.25) is 5.91 Å². The van der Waals surface area contributed by atoms with E-state index in [1.165, 1.54) is 5.56 Å². The van der Waals surface area contributed by atoms with E-state index in [9.17, 15) is 4.79 Å². The zero-order chi connectivity index (χ0) is 13.7. The maximum atomic E-state index is 11.9. The summed E-state index contributed by atoms with van der Waals surface area (Å²) in [4.78, 5) is 11.9. The number of alkyl halides is 1. The number of carbonyl (C=O) groups is 1. The van der Waals surface area contributed by atoms with Gasteiger partial charge in [-0.1, -0.05) is 56.1 Å². The van der Waals surface area contributed by atoms with Crippen LogP contribution in [0, 0.1) is 0 Å². The minimum atomic E-state index is -0.00954. The van der Waals surface area contributed by atoms with Crippen LogP contribution >= 0.6 is 31.9 Å². The molecule has 0 heterocycles. The third-order valence-electron chi connectivity index (χ3n) is 2.65. The van der Waals surface area contributed by atoms with Crippen LogP contribution in [-0.2, 0) is 16.5 Å². The Kier molecular flexibility index (Phi) is 5.16. The van der Waals surface area contributed by atoms with Gasteiger partial charge < -0.3 is 5.32 Å². The highest BCUT2D eigenvalue weighted by molar-refractivity contribution is 9.10. The van der Waals surface area contributed by atoms with Gasteiger partial charge in [0.05, 0.1) is 6.42 Å². The zero-order valence-electron chi connectivity index (χ0n) is 10.2. The van der Waals surface area contributed by atoms with Crippen molar-refractivity contribution >= 4 is 43.5 Å². The molecule has 19 heavy (non-hydrogen) atoms. The van der Waals surface area contributed by atoms with Crippen molar-refractivity contribution in [2.75, 3.05) is 5.32 Å². The van der Waals surface area contributed by atoms with Crippen molar-refractivity contribution in [2.45, 2.75) is 11.8 Å². The molecule has 2 nitrogen and oxygen atoms in total. The summed E-state index contributed by atoms with van der Waals surface area (Å²) in [5, 5.41) is 3.71. The Hall–Kier alpha value is -1.13. The molecule has 0 fully saturated rings. The lowest BCUT2D eigenvalue weighted by Crippen LogP contribution is -2.14. The standard InChI is InChI=1S/C15H13Br2NO/c16-10-11-4-6-14(7-5-11)18-15(19)9-12-2-1-3-13(17)8-12/h1-8H,9-10H2,(H,18,19). The molecule has 0 radical (unpaired) electrons. The van der Waals surface area contributed by atoms with Crippen molar-refractivity contribution in [2.24, 2.45) is 0 Å². The van der Waals surface area contributed by atoms with Gasteiger partial charge in [-0.3, -0.25) is 4.79 Å². The second-order valence-electron chi connectivity index (χ2n) is 4.19. The van der Waals surface area contributed by atoms with Crippen LogP contribution in [0.5, 0.6) is 0 Å². The predicted octanol–water partition coefficient (Wildman–Crippen LogP) is 4.53. The van der Waals surface area contributed by atoms with Crippen LogP contribution in [0.2, 0.25) is 0 Å². The Bertz CT molecular complexity index is 567. The fourth-order valence-corrected chi connectivity index (χ4v) is 2.54. The van der Waals surface area contributed by atoms with Gasteiger partial charge in [0, 0.05) is 15.5 Å². The topological polar surface area (TPSA) is 29.1 Å². The van der Waals surface area contributed by atoms with Crippen molar-refractivity contribution in [3.05, 3.63) is 64.1 Å². The first-order valence-electron chi connectivity index (χ1n) is 5.86. The van der Waals surface area contributed by atoms with Crippen molar-refractivity contribution in [3.8, 4) is 0 Å². The third-order valence-corrected chi connectivity index (χ3v) is 3.79. The van der Waals surface area contributed by atoms with Crippen LogP contribution in [0.3, 0.4) is 0 Å². The van der Waals surface area contributed by atoms with Gasteiger partial charge in [-0.2, -0.15) is 0 Å². The number of rotatable bonds is 4. The van der Waals surface area contributed by atoms with E-state index in [2.05, 4.69) is 37.2 Å². The minimum Gasteiger partial charge on any atom is -0.326 e. The maximum Gasteiger partial charge on any atom is 0.228 e. The first-order valence-corrected chi connectivity index (χ1v) is 7.78. The fraction of sp³-hybridized carbons (Fsp3) is 0.133. The largest absolute Gasteiger partial charge is 0.326 e. The van der Waals surface area contributed by atoms with Gasteiger partial charge in [-0.25, -0.2) is 0 Å². The second kappa shape index (κ2) is 6.87. The molecule has 2 aromatic carbocycles. The molecular weight excluding hydrogens is 370 g/mol. The Morgan fingerprint density at radius 2 is 1.79 bits per heavy atom. The average Bonchev–Trinajstić information content (AvgIpc) is 2.39. The molecule has 2 aromatic rings. The normalized spacial score (nSPS) is 10.2. The molecule has 0 bridgehead atoms. The van der Waals surface area contributed by atoms with E-state index in [1.54, 1.807) is 0 Å². The number of hydrogen-bond acceptors (Lipinski definition) is 1. The molecule has 0 aromatic heterocycles. The van der Waals surface area contributed by atoms with E-state index in [4.69, 9.17) is 0 Å². The van der Waals surface area contributed by atoms with Crippen LogP contribution in [0.1, 0.15) is 11.1 Å². The summed E-state index contributed by atoms with van der Waals surface area (Å²) in [6, 6.07) is 15.6. The Morgan fingerprint density at radius 1 is 1.05 bits per heavy atom. The summed E-state index contributed by atoms with van der Waals surface area (Å²) in [6.45, 7) is 0. The van der Waals surface area contributed by atoms with Crippen LogP contribution < -0.4 is 5.32 Å². The molecule has 0 aliphatic heterocycles. The first kappa shape index (κ1) is 14.3. The van der Waals surface area contributed by atoms with Crippen LogP contribution in [0.15, 0.2) is 53.0 Å². The van der Waals surface area contributed by atoms with Gasteiger partial charge >= 0.3 is 0 Å². The van der Waals surface area contributed by atoms with Gasteiger partial charge in [-0.15, -0.1) is 0 Å². The number of carbonyl (C=O) groups excluding carboxylic acids is 1. The monoisotopic (exact) mass is 381 g/mol. The highest BCUT2D eigenvalue weighted by Crippen LogP contribution is 2.14. The number of halogens is 2. The maximum absolute atomic E-state index is 11.9. The smallest absolute Gasteiger partial charge is 0.228 e. The minimum absolute atomic E-state index is 0.00954. The second-order valence-corrected chi connectivity index (χ2v) is 5.66. The van der Waals surface area contributed by atoms with E-state index in [0.717, 1.165) is 21.1 Å². The summed E-state index contributed by atoms with van der Waals surface area (Å²) in [5.41, 5.74) is 3.00. The number of nitrogens with one attached hydrogen (secondary N) is 1. The lowest BCUT2D eigenvalue weighted by Gasteiger charge is -2.06. The molecule has 0 spiro atoms. The van der Waals surface area contributed by atoms with Crippen LogP contribution in [-0.4, -0.2) is 5.91 Å². The van der Waals surface area contributed by atoms with Crippen molar-refractivity contribution in [3.63, 3.8) is 0 Å². The molecule has 0 unspecified atom stereocenters. The van der Waals surface area contributed by atoms with Crippen molar-refractivity contribution in [1.29, 1.82) is 0 Å². The quantitative estimate of drug-likeness (QED) is 0.773. The number of anilines is 1. The highest BCUT2D eigenvalue weighted by atomic mass is 79.9. The summed E-state index contributed by atoms with van der Waals surface area (Å²) < 4.78 is 0.986. The predicted molar refractivity (Wildman–Crippen MR) is 85.5 cm³/mol. The zero-order valence-corrected chi connectivity index (χ0v) is 13.4. The molecule has 0 saturated carbocycles. The molecule has 4 heteroatoms. The van der Waals surface area contributed by atoms with Gasteiger partial charge in [-0.05, 0) is 35.4 Å². The lowest BCUT2D eigenvalue weighted by atomic mass is 10.1. The lowest BCUT2D eigenvalue weighted by molar-refractivity contribution is -0.115. The molecule has 2 rings (SSSR count). The highest BCUT2D eigenvalue weighted by Gasteiger charge is 2.04. The SMILES string of the molecule is O=C(Cc1cccc(Br)c1)Nc1ccc(CBr)cc1. The van der Waals surface area contributed by atoms with E-state index in [0.29, 0.717) is 6.42 Å². The summed E-state index contributed by atoms with van der Waals surface area (Å²) in [5.74, 6) is -0.00954. The van der Waals surface area contributed by atoms with Crippen LogP contribution in [0.4, 0.5) is 5.69 Å². The average molecular weight is 383 g/mol. The van der Waals surface area contributed by atoms with Crippen molar-refractivity contribution in [1.82, 2.24) is 0 Å². The number of benzene rings is 2. The van der Waals surface area contributed by atoms with Gasteiger partial charge in [0.25, 0.3) is 0 Å². The molecule has 0 aliphatic carbocycles. The van der Waals surface area contributed by atoms with E-state index >= 15 is 0 Å². The Balaban J connectivity index is 1.97. The molecule has 0 aliphatic rings. The van der Waals surface area contributed by atoms with E-state index in [1.807, 2.05) is 48.5 Å². The molecule has 1 N–H and O–H groups in total. The Morgan fingerprint density at radius 3 is 2.42 bits per heavy atom. The van der Waals surface area contributed by atoms with Crippen molar-refractivity contribution < 1.29 is 4.79 Å². The first-order chi connectivity index (χ1) is 9.17. The third kappa shape index (κ3) is 4.48. The van der Waals surface area contributed by atoms with E-state index in [-0.39, 0.29) is 5.91 Å². The number of hydrogen-bond donors (Lipinski definition) is 1. The van der Waals surface area contributed by atoms with E-state index < -0.39 is 0 Å². The fourth-order valence-electron chi connectivity index (χ4n) is 1.71. The molecule has 1 amide bonds. The molecular formula is C15H13Br2NO.